The molecule has 0 radical (unpaired) electrons. The van der Waals surface area contributed by atoms with Crippen molar-refractivity contribution in [2.75, 3.05) is 18.4 Å². The van der Waals surface area contributed by atoms with Gasteiger partial charge in [0.25, 0.3) is 0 Å². The number of aliphatic imine (C=N–C) groups is 1. The van der Waals surface area contributed by atoms with E-state index in [1.54, 1.807) is 0 Å². The Morgan fingerprint density at radius 1 is 1.19 bits per heavy atom. The van der Waals surface area contributed by atoms with Crippen molar-refractivity contribution in [2.24, 2.45) is 22.6 Å². The summed E-state index contributed by atoms with van der Waals surface area (Å²) in [5.41, 5.74) is 6.61. The lowest BCUT2D eigenvalue weighted by Crippen LogP contribution is -2.40. The molecule has 4 N–H and O–H groups in total. The molecule has 9 heteroatoms. The number of imide groups is 1. The zero-order chi connectivity index (χ0) is 19.6. The van der Waals surface area contributed by atoms with Crippen LogP contribution in [-0.4, -0.2) is 53.1 Å². The predicted molar refractivity (Wildman–Crippen MR) is 106 cm³/mol. The number of amides is 2. The van der Waals surface area contributed by atoms with E-state index < -0.39 is 0 Å². The van der Waals surface area contributed by atoms with E-state index in [0.717, 1.165) is 5.69 Å². The summed E-state index contributed by atoms with van der Waals surface area (Å²) in [4.78, 5) is 30.4. The summed E-state index contributed by atoms with van der Waals surface area (Å²) in [6, 6.07) is 9.35. The molecule has 0 aliphatic carbocycles. The molecule has 1 aromatic rings. The Balaban J connectivity index is 1.49. The van der Waals surface area contributed by atoms with Crippen LogP contribution in [0.4, 0.5) is 5.69 Å². The van der Waals surface area contributed by atoms with Gasteiger partial charge in [-0.2, -0.15) is 4.99 Å². The SMILES string of the molecule is CC1OC(C)C2C(=O)N(CCNC(=S)N=C(N)Nc3ccccc3)C(=O)C12. The molecule has 0 bridgehead atoms. The number of likely N-dealkylation sites (tertiary alicyclic amines) is 1. The number of benzene rings is 1. The van der Waals surface area contributed by atoms with E-state index in [-0.39, 0.29) is 53.5 Å². The van der Waals surface area contributed by atoms with Gasteiger partial charge in [-0.3, -0.25) is 14.5 Å². The number of fused-ring (bicyclic) bond motifs is 1. The Hall–Kier alpha value is -2.52. The number of ether oxygens (including phenoxy) is 1. The topological polar surface area (TPSA) is 109 Å². The average molecular weight is 389 g/mol. The van der Waals surface area contributed by atoms with Crippen molar-refractivity contribution in [1.29, 1.82) is 0 Å². The molecule has 4 atom stereocenters. The molecule has 144 valence electrons. The van der Waals surface area contributed by atoms with Gasteiger partial charge in [-0.1, -0.05) is 18.2 Å². The fourth-order valence-corrected chi connectivity index (χ4v) is 3.81. The predicted octanol–water partition coefficient (Wildman–Crippen LogP) is 0.696. The minimum absolute atomic E-state index is 0.154. The monoisotopic (exact) mass is 389 g/mol. The lowest BCUT2D eigenvalue weighted by atomic mass is 9.91. The number of para-hydroxylation sites is 1. The van der Waals surface area contributed by atoms with Crippen LogP contribution in [0, 0.1) is 11.8 Å². The van der Waals surface area contributed by atoms with Crippen LogP contribution in [0.25, 0.3) is 0 Å². The standard InChI is InChI=1S/C18H23N5O3S/c1-10-13-14(11(2)26-10)16(25)23(15(13)24)9-8-20-18(27)22-17(19)21-12-6-4-3-5-7-12/h3-7,10-11,13-14H,8-9H2,1-2H3,(H4,19,20,21,22,27). The number of rotatable bonds is 4. The van der Waals surface area contributed by atoms with Gasteiger partial charge < -0.3 is 21.1 Å². The number of nitrogens with zero attached hydrogens (tertiary/aromatic N) is 2. The average Bonchev–Trinajstić information content (AvgIpc) is 3.05. The number of nitrogens with one attached hydrogen (secondary N) is 2. The first-order valence-corrected chi connectivity index (χ1v) is 9.24. The molecule has 4 unspecified atom stereocenters. The molecule has 1 aromatic carbocycles. The quantitative estimate of drug-likeness (QED) is 0.301. The van der Waals surface area contributed by atoms with Crippen LogP contribution in [0.1, 0.15) is 13.8 Å². The smallest absolute Gasteiger partial charge is 0.235 e. The summed E-state index contributed by atoms with van der Waals surface area (Å²) in [5, 5.41) is 6.01. The fourth-order valence-electron chi connectivity index (χ4n) is 3.61. The van der Waals surface area contributed by atoms with Crippen molar-refractivity contribution in [3.63, 3.8) is 0 Å². The molecule has 2 aliphatic rings. The molecule has 2 saturated heterocycles. The first-order valence-electron chi connectivity index (χ1n) is 8.83. The number of guanidine groups is 1. The highest BCUT2D eigenvalue weighted by atomic mass is 32.1. The molecule has 2 fully saturated rings. The summed E-state index contributed by atoms with van der Waals surface area (Å²) in [5.74, 6) is -0.973. The Morgan fingerprint density at radius 3 is 2.37 bits per heavy atom. The molecule has 0 aromatic heterocycles. The van der Waals surface area contributed by atoms with Crippen LogP contribution in [0.15, 0.2) is 35.3 Å². The highest BCUT2D eigenvalue weighted by Crippen LogP contribution is 2.39. The fraction of sp³-hybridized carbons (Fsp3) is 0.444. The summed E-state index contributed by atoms with van der Waals surface area (Å²) in [6.07, 6.45) is -0.483. The second-order valence-electron chi connectivity index (χ2n) is 6.65. The van der Waals surface area contributed by atoms with E-state index in [1.807, 2.05) is 44.2 Å². The highest BCUT2D eigenvalue weighted by molar-refractivity contribution is 7.80. The van der Waals surface area contributed by atoms with Gasteiger partial charge in [0, 0.05) is 18.8 Å². The van der Waals surface area contributed by atoms with Crippen molar-refractivity contribution >= 4 is 40.8 Å². The highest BCUT2D eigenvalue weighted by Gasteiger charge is 2.56. The van der Waals surface area contributed by atoms with Gasteiger partial charge in [-0.15, -0.1) is 0 Å². The third kappa shape index (κ3) is 4.09. The molecule has 0 saturated carbocycles. The molecule has 3 rings (SSSR count). The van der Waals surface area contributed by atoms with E-state index in [4.69, 9.17) is 22.7 Å². The Bertz CT molecular complexity index is 744. The molecule has 2 amide bonds. The first kappa shape index (κ1) is 19.2. The number of carbonyl (C=O) groups excluding carboxylic acids is 2. The van der Waals surface area contributed by atoms with Gasteiger partial charge in [0.05, 0.1) is 24.0 Å². The zero-order valence-corrected chi connectivity index (χ0v) is 16.0. The molecule has 27 heavy (non-hydrogen) atoms. The van der Waals surface area contributed by atoms with Gasteiger partial charge >= 0.3 is 0 Å². The lowest BCUT2D eigenvalue weighted by molar-refractivity contribution is -0.143. The van der Waals surface area contributed by atoms with Gasteiger partial charge in [0.2, 0.25) is 17.8 Å². The number of carbonyl (C=O) groups is 2. The summed E-state index contributed by atoms with van der Waals surface area (Å²) < 4.78 is 5.61. The van der Waals surface area contributed by atoms with E-state index >= 15 is 0 Å². The number of nitrogens with two attached hydrogens (primary N) is 1. The van der Waals surface area contributed by atoms with Crippen LogP contribution in [0.3, 0.4) is 0 Å². The van der Waals surface area contributed by atoms with Crippen molar-refractivity contribution in [2.45, 2.75) is 26.1 Å². The van der Waals surface area contributed by atoms with Gasteiger partial charge in [0.1, 0.15) is 0 Å². The van der Waals surface area contributed by atoms with Crippen molar-refractivity contribution < 1.29 is 14.3 Å². The largest absolute Gasteiger partial charge is 0.374 e. The summed E-state index contributed by atoms with van der Waals surface area (Å²) >= 11 is 5.14. The second-order valence-corrected chi connectivity index (χ2v) is 7.03. The lowest BCUT2D eigenvalue weighted by Gasteiger charge is -2.19. The minimum Gasteiger partial charge on any atom is -0.374 e. The maximum absolute atomic E-state index is 12.5. The second kappa shape index (κ2) is 8.01. The van der Waals surface area contributed by atoms with Crippen LogP contribution in [0.2, 0.25) is 0 Å². The minimum atomic E-state index is -0.386. The van der Waals surface area contributed by atoms with Gasteiger partial charge in [0.15, 0.2) is 5.11 Å². The number of thiocarbonyl (C=S) groups is 1. The third-order valence-corrected chi connectivity index (χ3v) is 5.05. The van der Waals surface area contributed by atoms with Gasteiger partial charge in [-0.25, -0.2) is 0 Å². The van der Waals surface area contributed by atoms with E-state index in [1.165, 1.54) is 4.90 Å². The van der Waals surface area contributed by atoms with Crippen molar-refractivity contribution in [3.05, 3.63) is 30.3 Å². The number of hydrogen-bond donors (Lipinski definition) is 3. The number of hydrogen-bond acceptors (Lipinski definition) is 4. The normalized spacial score (nSPS) is 27.6. The molecular formula is C18H23N5O3S. The van der Waals surface area contributed by atoms with E-state index in [9.17, 15) is 9.59 Å². The Kier molecular flexibility index (Phi) is 5.71. The van der Waals surface area contributed by atoms with Crippen LogP contribution >= 0.6 is 12.2 Å². The van der Waals surface area contributed by atoms with Crippen molar-refractivity contribution in [1.82, 2.24) is 10.2 Å². The number of anilines is 1. The maximum Gasteiger partial charge on any atom is 0.235 e. The first-order chi connectivity index (χ1) is 12.9. The van der Waals surface area contributed by atoms with Crippen LogP contribution < -0.4 is 16.4 Å². The Morgan fingerprint density at radius 2 is 1.78 bits per heavy atom. The molecule has 2 heterocycles. The third-order valence-electron chi connectivity index (χ3n) is 4.81. The van der Waals surface area contributed by atoms with Crippen LogP contribution in [-0.2, 0) is 14.3 Å². The van der Waals surface area contributed by atoms with E-state index in [0.29, 0.717) is 6.54 Å². The maximum atomic E-state index is 12.5. The molecule has 0 spiro atoms. The van der Waals surface area contributed by atoms with Gasteiger partial charge in [-0.05, 0) is 38.2 Å². The van der Waals surface area contributed by atoms with Crippen LogP contribution in [0.5, 0.6) is 0 Å². The zero-order valence-electron chi connectivity index (χ0n) is 15.2. The van der Waals surface area contributed by atoms with E-state index in [2.05, 4.69) is 15.6 Å². The summed E-state index contributed by atoms with van der Waals surface area (Å²) in [6.45, 7) is 4.20. The molecular weight excluding hydrogens is 366 g/mol. The molecule has 2 aliphatic heterocycles. The Labute approximate surface area is 163 Å². The molecule has 8 nitrogen and oxygen atoms in total. The van der Waals surface area contributed by atoms with Crippen molar-refractivity contribution in [3.8, 4) is 0 Å². The summed E-state index contributed by atoms with van der Waals surface area (Å²) in [7, 11) is 0.